The van der Waals surface area contributed by atoms with Crippen molar-refractivity contribution in [3.63, 3.8) is 0 Å². The number of fused-ring (bicyclic) bond motifs is 1. The molecule has 0 aromatic heterocycles. The molecule has 0 unspecified atom stereocenters. The van der Waals surface area contributed by atoms with Gasteiger partial charge in [0.1, 0.15) is 12.4 Å². The molecular formula is C13H20N2O3S. The van der Waals surface area contributed by atoms with E-state index in [9.17, 15) is 8.42 Å². The SMILES string of the molecule is CN1CCOc2ccc(S(=O)(=O)NC(C)(C)C)cc21. The van der Waals surface area contributed by atoms with Crippen LogP contribution in [-0.4, -0.2) is 34.2 Å². The minimum atomic E-state index is -3.51. The van der Waals surface area contributed by atoms with E-state index in [2.05, 4.69) is 4.72 Å². The summed E-state index contributed by atoms with van der Waals surface area (Å²) in [5.41, 5.74) is 0.306. The van der Waals surface area contributed by atoms with Gasteiger partial charge in [0.2, 0.25) is 10.0 Å². The van der Waals surface area contributed by atoms with Crippen LogP contribution in [0.25, 0.3) is 0 Å². The van der Waals surface area contributed by atoms with Crippen LogP contribution in [0.15, 0.2) is 23.1 Å². The highest BCUT2D eigenvalue weighted by Gasteiger charge is 2.24. The number of benzene rings is 1. The predicted octanol–water partition coefficient (Wildman–Crippen LogP) is 1.59. The largest absolute Gasteiger partial charge is 0.490 e. The van der Waals surface area contributed by atoms with Crippen LogP contribution in [0.5, 0.6) is 5.75 Å². The van der Waals surface area contributed by atoms with Gasteiger partial charge in [-0.15, -0.1) is 0 Å². The molecule has 1 aromatic carbocycles. The van der Waals surface area contributed by atoms with Gasteiger partial charge >= 0.3 is 0 Å². The number of hydrogen-bond acceptors (Lipinski definition) is 4. The van der Waals surface area contributed by atoms with Crippen molar-refractivity contribution in [2.45, 2.75) is 31.2 Å². The van der Waals surface area contributed by atoms with Gasteiger partial charge in [-0.2, -0.15) is 0 Å². The molecule has 106 valence electrons. The first-order valence-electron chi connectivity index (χ1n) is 6.21. The molecule has 1 aliphatic rings. The molecule has 1 N–H and O–H groups in total. The molecule has 0 bridgehead atoms. The van der Waals surface area contributed by atoms with E-state index in [-0.39, 0.29) is 4.90 Å². The standard InChI is InChI=1S/C13H20N2O3S/c1-13(2,3)14-19(16,17)10-5-6-12-11(9-10)15(4)7-8-18-12/h5-6,9,14H,7-8H2,1-4H3. The molecule has 1 heterocycles. The van der Waals surface area contributed by atoms with E-state index < -0.39 is 15.6 Å². The molecule has 0 spiro atoms. The molecule has 19 heavy (non-hydrogen) atoms. The Morgan fingerprint density at radius 2 is 2.00 bits per heavy atom. The zero-order chi connectivity index (χ0) is 14.3. The first-order valence-corrected chi connectivity index (χ1v) is 7.69. The van der Waals surface area contributed by atoms with E-state index in [1.165, 1.54) is 0 Å². The summed E-state index contributed by atoms with van der Waals surface area (Å²) in [4.78, 5) is 2.26. The van der Waals surface area contributed by atoms with Gasteiger partial charge in [0.25, 0.3) is 0 Å². The Morgan fingerprint density at radius 1 is 1.32 bits per heavy atom. The van der Waals surface area contributed by atoms with E-state index in [0.29, 0.717) is 6.61 Å². The summed E-state index contributed by atoms with van der Waals surface area (Å²) in [5, 5.41) is 0. The normalized spacial score (nSPS) is 15.9. The molecule has 1 aliphatic heterocycles. The maximum absolute atomic E-state index is 12.3. The fraction of sp³-hybridized carbons (Fsp3) is 0.538. The van der Waals surface area contributed by atoms with Crippen molar-refractivity contribution in [1.29, 1.82) is 0 Å². The maximum atomic E-state index is 12.3. The van der Waals surface area contributed by atoms with E-state index >= 15 is 0 Å². The average Bonchev–Trinajstić information content (AvgIpc) is 2.26. The highest BCUT2D eigenvalue weighted by atomic mass is 32.2. The second-order valence-electron chi connectivity index (χ2n) is 5.76. The lowest BCUT2D eigenvalue weighted by Gasteiger charge is -2.28. The Kier molecular flexibility index (Phi) is 3.49. The summed E-state index contributed by atoms with van der Waals surface area (Å²) in [5.74, 6) is 0.725. The maximum Gasteiger partial charge on any atom is 0.241 e. The number of hydrogen-bond donors (Lipinski definition) is 1. The molecule has 0 aliphatic carbocycles. The van der Waals surface area contributed by atoms with Crippen molar-refractivity contribution in [3.8, 4) is 5.75 Å². The minimum Gasteiger partial charge on any atom is -0.490 e. The lowest BCUT2D eigenvalue weighted by molar-refractivity contribution is 0.311. The fourth-order valence-electron chi connectivity index (χ4n) is 1.96. The summed E-state index contributed by atoms with van der Waals surface area (Å²) >= 11 is 0. The number of nitrogens with one attached hydrogen (secondary N) is 1. The van der Waals surface area contributed by atoms with Crippen molar-refractivity contribution in [2.24, 2.45) is 0 Å². The number of sulfonamides is 1. The average molecular weight is 284 g/mol. The van der Waals surface area contributed by atoms with Gasteiger partial charge in [0.15, 0.2) is 0 Å². The van der Waals surface area contributed by atoms with Crippen LogP contribution < -0.4 is 14.4 Å². The Balaban J connectivity index is 2.39. The van der Waals surface area contributed by atoms with Gasteiger partial charge < -0.3 is 9.64 Å². The molecule has 6 heteroatoms. The quantitative estimate of drug-likeness (QED) is 0.896. The van der Waals surface area contributed by atoms with E-state index in [4.69, 9.17) is 4.74 Å². The second-order valence-corrected chi connectivity index (χ2v) is 7.44. The van der Waals surface area contributed by atoms with Crippen LogP contribution in [0.4, 0.5) is 5.69 Å². The van der Waals surface area contributed by atoms with Crippen molar-refractivity contribution >= 4 is 15.7 Å². The second kappa shape index (κ2) is 4.68. The molecule has 0 atom stereocenters. The summed E-state index contributed by atoms with van der Waals surface area (Å²) in [6, 6.07) is 4.94. The molecular weight excluding hydrogens is 264 g/mol. The topological polar surface area (TPSA) is 58.6 Å². The van der Waals surface area contributed by atoms with Crippen LogP contribution in [0.1, 0.15) is 20.8 Å². The van der Waals surface area contributed by atoms with Crippen LogP contribution >= 0.6 is 0 Å². The molecule has 1 aromatic rings. The Labute approximate surface area is 114 Å². The molecule has 5 nitrogen and oxygen atoms in total. The lowest BCUT2D eigenvalue weighted by Crippen LogP contribution is -2.40. The molecule has 0 saturated carbocycles. The Morgan fingerprint density at radius 3 is 2.63 bits per heavy atom. The third-order valence-corrected chi connectivity index (χ3v) is 4.53. The highest BCUT2D eigenvalue weighted by molar-refractivity contribution is 7.89. The first-order chi connectivity index (χ1) is 8.69. The molecule has 0 amide bonds. The predicted molar refractivity (Wildman–Crippen MR) is 75.3 cm³/mol. The van der Waals surface area contributed by atoms with Crippen LogP contribution in [0.3, 0.4) is 0 Å². The summed E-state index contributed by atoms with van der Waals surface area (Å²) in [6.07, 6.45) is 0. The van der Waals surface area contributed by atoms with Gasteiger partial charge in [0, 0.05) is 12.6 Å². The van der Waals surface area contributed by atoms with Crippen LogP contribution in [0, 0.1) is 0 Å². The van der Waals surface area contributed by atoms with Crippen molar-refractivity contribution in [1.82, 2.24) is 4.72 Å². The van der Waals surface area contributed by atoms with Crippen molar-refractivity contribution in [3.05, 3.63) is 18.2 Å². The third-order valence-electron chi connectivity index (χ3n) is 2.78. The number of rotatable bonds is 2. The number of anilines is 1. The number of nitrogens with zero attached hydrogens (tertiary/aromatic N) is 1. The van der Waals surface area contributed by atoms with Crippen molar-refractivity contribution < 1.29 is 13.2 Å². The third kappa shape index (κ3) is 3.19. The molecule has 0 saturated heterocycles. The fourth-order valence-corrected chi connectivity index (χ4v) is 3.40. The number of likely N-dealkylation sites (N-methyl/N-ethyl adjacent to an activating group) is 1. The van der Waals surface area contributed by atoms with Crippen LogP contribution in [-0.2, 0) is 10.0 Å². The smallest absolute Gasteiger partial charge is 0.241 e. The van der Waals surface area contributed by atoms with E-state index in [1.807, 2.05) is 32.7 Å². The Bertz CT molecular complexity index is 576. The van der Waals surface area contributed by atoms with Gasteiger partial charge in [-0.1, -0.05) is 0 Å². The zero-order valence-electron chi connectivity index (χ0n) is 11.7. The first kappa shape index (κ1) is 14.1. The number of ether oxygens (including phenoxy) is 1. The lowest BCUT2D eigenvalue weighted by atomic mass is 10.1. The summed E-state index contributed by atoms with van der Waals surface area (Å²) in [6.45, 7) is 6.83. The van der Waals surface area contributed by atoms with Gasteiger partial charge in [-0.3, -0.25) is 0 Å². The monoisotopic (exact) mass is 284 g/mol. The molecule has 0 fully saturated rings. The minimum absolute atomic E-state index is 0.263. The Hall–Kier alpha value is -1.27. The van der Waals surface area contributed by atoms with Gasteiger partial charge in [-0.25, -0.2) is 13.1 Å². The van der Waals surface area contributed by atoms with E-state index in [0.717, 1.165) is 18.0 Å². The molecule has 0 radical (unpaired) electrons. The van der Waals surface area contributed by atoms with E-state index in [1.54, 1.807) is 18.2 Å². The highest BCUT2D eigenvalue weighted by Crippen LogP contribution is 2.32. The summed E-state index contributed by atoms with van der Waals surface area (Å²) in [7, 11) is -1.58. The van der Waals surface area contributed by atoms with Gasteiger partial charge in [0.05, 0.1) is 17.1 Å². The van der Waals surface area contributed by atoms with Gasteiger partial charge in [-0.05, 0) is 39.0 Å². The molecule has 2 rings (SSSR count). The summed E-state index contributed by atoms with van der Waals surface area (Å²) < 4.78 is 32.7. The van der Waals surface area contributed by atoms with Crippen LogP contribution in [0.2, 0.25) is 0 Å². The zero-order valence-corrected chi connectivity index (χ0v) is 12.5. The van der Waals surface area contributed by atoms with Crippen molar-refractivity contribution in [2.75, 3.05) is 25.1 Å².